The summed E-state index contributed by atoms with van der Waals surface area (Å²) in [6.45, 7) is 4.73. The Bertz CT molecular complexity index is 532. The van der Waals surface area contributed by atoms with Crippen molar-refractivity contribution in [3.05, 3.63) is 41.8 Å². The van der Waals surface area contributed by atoms with Crippen LogP contribution in [0.3, 0.4) is 0 Å². The van der Waals surface area contributed by atoms with Gasteiger partial charge in [0.15, 0.2) is 0 Å². The molecular formula is C14H18FN3. The molecule has 2 aromatic rings. The SMILES string of the molecule is CCn1nc(CC(C)N)cc1-c1cccc(F)c1. The van der Waals surface area contributed by atoms with Crippen LogP contribution in [0.4, 0.5) is 4.39 Å². The van der Waals surface area contributed by atoms with Crippen LogP contribution in [0.15, 0.2) is 30.3 Å². The smallest absolute Gasteiger partial charge is 0.123 e. The van der Waals surface area contributed by atoms with Crippen molar-refractivity contribution in [1.29, 1.82) is 0 Å². The van der Waals surface area contributed by atoms with Gasteiger partial charge in [0, 0.05) is 24.6 Å². The summed E-state index contributed by atoms with van der Waals surface area (Å²) in [5.74, 6) is -0.231. The maximum absolute atomic E-state index is 13.3. The van der Waals surface area contributed by atoms with Gasteiger partial charge in [-0.1, -0.05) is 12.1 Å². The number of hydrogen-bond acceptors (Lipinski definition) is 2. The van der Waals surface area contributed by atoms with Crippen LogP contribution in [0.2, 0.25) is 0 Å². The standard InChI is InChI=1S/C14H18FN3/c1-3-18-14(9-13(17-18)7-10(2)16)11-5-4-6-12(15)8-11/h4-6,8-10H,3,7,16H2,1-2H3. The Kier molecular flexibility index (Phi) is 3.77. The second-order valence-corrected chi connectivity index (χ2v) is 4.53. The molecule has 0 fully saturated rings. The molecule has 0 radical (unpaired) electrons. The van der Waals surface area contributed by atoms with Gasteiger partial charge in [-0.25, -0.2) is 4.39 Å². The van der Waals surface area contributed by atoms with E-state index in [-0.39, 0.29) is 11.9 Å². The lowest BCUT2D eigenvalue weighted by Gasteiger charge is -2.04. The third-order valence-corrected chi connectivity index (χ3v) is 2.78. The fourth-order valence-corrected chi connectivity index (χ4v) is 2.02. The van der Waals surface area contributed by atoms with Crippen LogP contribution in [0, 0.1) is 5.82 Å². The second-order valence-electron chi connectivity index (χ2n) is 4.53. The van der Waals surface area contributed by atoms with Gasteiger partial charge < -0.3 is 5.73 Å². The summed E-state index contributed by atoms with van der Waals surface area (Å²) in [5.41, 5.74) is 8.51. The fourth-order valence-electron chi connectivity index (χ4n) is 2.02. The third kappa shape index (κ3) is 2.76. The monoisotopic (exact) mass is 247 g/mol. The van der Waals surface area contributed by atoms with E-state index in [9.17, 15) is 4.39 Å². The van der Waals surface area contributed by atoms with Gasteiger partial charge >= 0.3 is 0 Å². The number of nitrogens with two attached hydrogens (primary N) is 1. The van der Waals surface area contributed by atoms with E-state index in [0.29, 0.717) is 0 Å². The summed E-state index contributed by atoms with van der Waals surface area (Å²) in [6, 6.07) is 8.63. The van der Waals surface area contributed by atoms with Gasteiger partial charge in [0.2, 0.25) is 0 Å². The Labute approximate surface area is 106 Å². The van der Waals surface area contributed by atoms with Crippen LogP contribution < -0.4 is 5.73 Å². The Hall–Kier alpha value is -1.68. The quantitative estimate of drug-likeness (QED) is 0.902. The van der Waals surface area contributed by atoms with Crippen molar-refractivity contribution >= 4 is 0 Å². The van der Waals surface area contributed by atoms with Crippen molar-refractivity contribution < 1.29 is 4.39 Å². The highest BCUT2D eigenvalue weighted by Crippen LogP contribution is 2.22. The van der Waals surface area contributed by atoms with Crippen LogP contribution in [-0.2, 0) is 13.0 Å². The highest BCUT2D eigenvalue weighted by molar-refractivity contribution is 5.60. The van der Waals surface area contributed by atoms with Gasteiger partial charge in [-0.2, -0.15) is 5.10 Å². The minimum atomic E-state index is -0.231. The molecule has 0 aliphatic carbocycles. The van der Waals surface area contributed by atoms with Crippen LogP contribution in [0.25, 0.3) is 11.3 Å². The van der Waals surface area contributed by atoms with Crippen LogP contribution in [0.1, 0.15) is 19.5 Å². The minimum absolute atomic E-state index is 0.0746. The molecule has 0 amide bonds. The normalized spacial score (nSPS) is 12.7. The lowest BCUT2D eigenvalue weighted by molar-refractivity contribution is 0.625. The molecule has 1 aromatic carbocycles. The Morgan fingerprint density at radius 3 is 2.78 bits per heavy atom. The third-order valence-electron chi connectivity index (χ3n) is 2.78. The van der Waals surface area contributed by atoms with Crippen molar-refractivity contribution in [3.8, 4) is 11.3 Å². The summed E-state index contributed by atoms with van der Waals surface area (Å²) in [5, 5.41) is 4.49. The molecule has 0 bridgehead atoms. The molecule has 96 valence electrons. The summed E-state index contributed by atoms with van der Waals surface area (Å²) in [6.07, 6.45) is 0.731. The molecule has 3 nitrogen and oxygen atoms in total. The van der Waals surface area contributed by atoms with E-state index in [1.165, 1.54) is 12.1 Å². The van der Waals surface area contributed by atoms with Gasteiger partial charge in [-0.15, -0.1) is 0 Å². The molecule has 1 unspecified atom stereocenters. The average molecular weight is 247 g/mol. The lowest BCUT2D eigenvalue weighted by Crippen LogP contribution is -2.18. The number of benzene rings is 1. The summed E-state index contributed by atoms with van der Waals surface area (Å²) >= 11 is 0. The number of aromatic nitrogens is 2. The van der Waals surface area contributed by atoms with Crippen molar-refractivity contribution in [1.82, 2.24) is 9.78 Å². The predicted octanol–water partition coefficient (Wildman–Crippen LogP) is 2.60. The number of hydrogen-bond donors (Lipinski definition) is 1. The average Bonchev–Trinajstić information content (AvgIpc) is 2.71. The van der Waals surface area contributed by atoms with Gasteiger partial charge in [0.25, 0.3) is 0 Å². The molecule has 0 aliphatic heterocycles. The minimum Gasteiger partial charge on any atom is -0.328 e. The largest absolute Gasteiger partial charge is 0.328 e. The highest BCUT2D eigenvalue weighted by atomic mass is 19.1. The molecule has 18 heavy (non-hydrogen) atoms. The molecule has 0 saturated carbocycles. The van der Waals surface area contributed by atoms with E-state index < -0.39 is 0 Å². The van der Waals surface area contributed by atoms with E-state index >= 15 is 0 Å². The first kappa shape index (κ1) is 12.8. The van der Waals surface area contributed by atoms with E-state index in [2.05, 4.69) is 5.10 Å². The summed E-state index contributed by atoms with van der Waals surface area (Å²) < 4.78 is 15.1. The van der Waals surface area contributed by atoms with E-state index in [4.69, 9.17) is 5.73 Å². The number of halogens is 1. The van der Waals surface area contributed by atoms with E-state index in [0.717, 1.165) is 29.9 Å². The molecule has 1 aromatic heterocycles. The Morgan fingerprint density at radius 2 is 2.17 bits per heavy atom. The Morgan fingerprint density at radius 1 is 1.39 bits per heavy atom. The van der Waals surface area contributed by atoms with Crippen molar-refractivity contribution in [2.45, 2.75) is 32.9 Å². The van der Waals surface area contributed by atoms with Crippen molar-refractivity contribution in [2.24, 2.45) is 5.73 Å². The molecule has 0 saturated heterocycles. The predicted molar refractivity (Wildman–Crippen MR) is 70.6 cm³/mol. The number of rotatable bonds is 4. The first-order valence-corrected chi connectivity index (χ1v) is 6.18. The zero-order valence-corrected chi connectivity index (χ0v) is 10.7. The fraction of sp³-hybridized carbons (Fsp3) is 0.357. The molecule has 1 atom stereocenters. The van der Waals surface area contributed by atoms with Crippen molar-refractivity contribution in [2.75, 3.05) is 0 Å². The van der Waals surface area contributed by atoms with Gasteiger partial charge in [-0.3, -0.25) is 4.68 Å². The van der Waals surface area contributed by atoms with Crippen molar-refractivity contribution in [3.63, 3.8) is 0 Å². The highest BCUT2D eigenvalue weighted by Gasteiger charge is 2.10. The maximum Gasteiger partial charge on any atom is 0.123 e. The lowest BCUT2D eigenvalue weighted by atomic mass is 10.1. The zero-order valence-electron chi connectivity index (χ0n) is 10.7. The first-order chi connectivity index (χ1) is 8.60. The maximum atomic E-state index is 13.3. The van der Waals surface area contributed by atoms with Gasteiger partial charge in [0.05, 0.1) is 11.4 Å². The Balaban J connectivity index is 2.40. The van der Waals surface area contributed by atoms with Gasteiger partial charge in [-0.05, 0) is 32.0 Å². The van der Waals surface area contributed by atoms with E-state index in [1.54, 1.807) is 6.07 Å². The van der Waals surface area contributed by atoms with E-state index in [1.807, 2.05) is 30.7 Å². The van der Waals surface area contributed by atoms with Crippen LogP contribution in [0.5, 0.6) is 0 Å². The van der Waals surface area contributed by atoms with Crippen LogP contribution >= 0.6 is 0 Å². The first-order valence-electron chi connectivity index (χ1n) is 6.18. The zero-order chi connectivity index (χ0) is 13.1. The number of aryl methyl sites for hydroxylation is 1. The molecule has 4 heteroatoms. The van der Waals surface area contributed by atoms with Gasteiger partial charge in [0.1, 0.15) is 5.82 Å². The summed E-state index contributed by atoms with van der Waals surface area (Å²) in [4.78, 5) is 0. The topological polar surface area (TPSA) is 43.8 Å². The van der Waals surface area contributed by atoms with Crippen LogP contribution in [-0.4, -0.2) is 15.8 Å². The number of nitrogens with zero attached hydrogens (tertiary/aromatic N) is 2. The second kappa shape index (κ2) is 5.31. The summed E-state index contributed by atoms with van der Waals surface area (Å²) in [7, 11) is 0. The molecule has 2 rings (SSSR count). The molecular weight excluding hydrogens is 229 g/mol. The molecule has 2 N–H and O–H groups in total. The molecule has 1 heterocycles. The molecule has 0 aliphatic rings. The molecule has 0 spiro atoms.